The quantitative estimate of drug-likeness (QED) is 0.452. The van der Waals surface area contributed by atoms with Crippen molar-refractivity contribution in [3.63, 3.8) is 0 Å². The molecule has 1 unspecified atom stereocenters. The Kier molecular flexibility index (Phi) is 5.69. The molecule has 4 rings (SSSR count). The normalized spacial score (nSPS) is 12.9. The van der Waals surface area contributed by atoms with Gasteiger partial charge in [0.1, 0.15) is 17.2 Å². The van der Waals surface area contributed by atoms with E-state index >= 15 is 0 Å². The number of Topliss-reactive ketones (excluding diaryl/α,β-unsaturated/α-hetero) is 1. The van der Waals surface area contributed by atoms with E-state index in [0.717, 1.165) is 26.6 Å². The highest BCUT2D eigenvalue weighted by Crippen LogP contribution is 2.42. The zero-order chi connectivity index (χ0) is 21.3. The second-order valence-electron chi connectivity index (χ2n) is 6.84. The molecule has 154 valence electrons. The largest absolute Gasteiger partial charge is 0.488 e. The lowest BCUT2D eigenvalue weighted by Crippen LogP contribution is -2.23. The fourth-order valence-electron chi connectivity index (χ4n) is 3.09. The summed E-state index contributed by atoms with van der Waals surface area (Å²) in [6, 6.07) is 12.9. The highest BCUT2D eigenvalue weighted by Gasteiger charge is 2.26. The molecule has 0 saturated carbocycles. The van der Waals surface area contributed by atoms with E-state index in [-0.39, 0.29) is 11.7 Å². The van der Waals surface area contributed by atoms with Crippen LogP contribution in [0.25, 0.3) is 10.4 Å². The number of ether oxygens (including phenoxy) is 2. The maximum absolute atomic E-state index is 12.7. The Bertz CT molecular complexity index is 1130. The molecule has 3 aromatic rings. The predicted octanol–water partition coefficient (Wildman–Crippen LogP) is 4.43. The van der Waals surface area contributed by atoms with E-state index in [4.69, 9.17) is 9.47 Å². The standard InChI is InChI=1S/C22H19NO5S2/c1-12(20(25)18-8-7-15(29-18)10-23-13(2)24)28-22(26)19-9-14-11-27-17-6-4-3-5-16(17)21(14)30-19/h3-9,12H,10-11H2,1-2H3,(H,23,24). The van der Waals surface area contributed by atoms with E-state index in [9.17, 15) is 14.4 Å². The van der Waals surface area contributed by atoms with Crippen LogP contribution in [-0.2, 0) is 22.7 Å². The minimum absolute atomic E-state index is 0.134. The number of esters is 1. The number of fused-ring (bicyclic) bond motifs is 3. The van der Waals surface area contributed by atoms with Crippen LogP contribution in [0, 0.1) is 0 Å². The molecule has 1 aliphatic heterocycles. The fourth-order valence-corrected chi connectivity index (χ4v) is 5.14. The van der Waals surface area contributed by atoms with Gasteiger partial charge in [-0.3, -0.25) is 9.59 Å². The van der Waals surface area contributed by atoms with Gasteiger partial charge < -0.3 is 14.8 Å². The molecule has 0 fully saturated rings. The Labute approximate surface area is 181 Å². The first-order valence-corrected chi connectivity index (χ1v) is 11.0. The van der Waals surface area contributed by atoms with Crippen molar-refractivity contribution < 1.29 is 23.9 Å². The second kappa shape index (κ2) is 8.41. The topological polar surface area (TPSA) is 81.7 Å². The first kappa shape index (κ1) is 20.3. The van der Waals surface area contributed by atoms with Crippen molar-refractivity contribution in [1.82, 2.24) is 5.32 Å². The number of hydrogen-bond acceptors (Lipinski definition) is 7. The zero-order valence-corrected chi connectivity index (χ0v) is 18.0. The van der Waals surface area contributed by atoms with Crippen LogP contribution in [0.1, 0.15) is 43.6 Å². The molecule has 1 atom stereocenters. The highest BCUT2D eigenvalue weighted by molar-refractivity contribution is 7.17. The molecular formula is C22H19NO5S2. The van der Waals surface area contributed by atoms with Gasteiger partial charge in [0.05, 0.1) is 11.4 Å². The molecule has 3 heterocycles. The summed E-state index contributed by atoms with van der Waals surface area (Å²) >= 11 is 2.62. The van der Waals surface area contributed by atoms with Crippen molar-refractivity contribution >= 4 is 40.3 Å². The molecule has 1 aromatic carbocycles. The van der Waals surface area contributed by atoms with Gasteiger partial charge in [-0.2, -0.15) is 0 Å². The van der Waals surface area contributed by atoms with Crippen LogP contribution >= 0.6 is 22.7 Å². The number of thiophene rings is 2. The van der Waals surface area contributed by atoms with E-state index in [1.165, 1.54) is 29.6 Å². The van der Waals surface area contributed by atoms with Gasteiger partial charge in [-0.15, -0.1) is 22.7 Å². The third kappa shape index (κ3) is 4.15. The minimum Gasteiger partial charge on any atom is -0.488 e. The van der Waals surface area contributed by atoms with Crippen molar-refractivity contribution in [1.29, 1.82) is 0 Å². The van der Waals surface area contributed by atoms with Crippen molar-refractivity contribution in [3.05, 3.63) is 62.7 Å². The molecule has 1 N–H and O–H groups in total. The summed E-state index contributed by atoms with van der Waals surface area (Å²) in [6.45, 7) is 3.77. The summed E-state index contributed by atoms with van der Waals surface area (Å²) in [5.41, 5.74) is 1.89. The molecule has 0 bridgehead atoms. The van der Waals surface area contributed by atoms with Gasteiger partial charge >= 0.3 is 5.97 Å². The van der Waals surface area contributed by atoms with E-state index in [0.29, 0.717) is 22.9 Å². The van der Waals surface area contributed by atoms with E-state index < -0.39 is 12.1 Å². The average Bonchev–Trinajstić information content (AvgIpc) is 3.39. The van der Waals surface area contributed by atoms with Gasteiger partial charge in [-0.1, -0.05) is 12.1 Å². The van der Waals surface area contributed by atoms with Crippen LogP contribution in [0.15, 0.2) is 42.5 Å². The van der Waals surface area contributed by atoms with Crippen molar-refractivity contribution in [3.8, 4) is 16.2 Å². The summed E-state index contributed by atoms with van der Waals surface area (Å²) < 4.78 is 11.2. The number of amides is 1. The van der Waals surface area contributed by atoms with Gasteiger partial charge in [-0.05, 0) is 37.3 Å². The number of carbonyl (C=O) groups is 3. The third-order valence-corrected chi connectivity index (χ3v) is 6.88. The molecule has 0 saturated heterocycles. The molecule has 1 aliphatic rings. The first-order chi connectivity index (χ1) is 14.4. The number of ketones is 1. The lowest BCUT2D eigenvalue weighted by Gasteiger charge is -2.16. The van der Waals surface area contributed by atoms with Gasteiger partial charge in [0.2, 0.25) is 11.7 Å². The number of nitrogens with one attached hydrogen (secondary N) is 1. The third-order valence-electron chi connectivity index (χ3n) is 4.59. The zero-order valence-electron chi connectivity index (χ0n) is 16.4. The van der Waals surface area contributed by atoms with Crippen LogP contribution in [0.2, 0.25) is 0 Å². The first-order valence-electron chi connectivity index (χ1n) is 9.35. The number of hydrogen-bond donors (Lipinski definition) is 1. The van der Waals surface area contributed by atoms with Crippen LogP contribution in [0.5, 0.6) is 5.75 Å². The number of benzene rings is 1. The van der Waals surface area contributed by atoms with Crippen LogP contribution in [-0.4, -0.2) is 23.8 Å². The fraction of sp³-hybridized carbons (Fsp3) is 0.227. The molecule has 6 nitrogen and oxygen atoms in total. The molecule has 0 radical (unpaired) electrons. The molecule has 2 aromatic heterocycles. The van der Waals surface area contributed by atoms with Crippen molar-refractivity contribution in [2.75, 3.05) is 0 Å². The molecule has 30 heavy (non-hydrogen) atoms. The van der Waals surface area contributed by atoms with Gasteiger partial charge in [0, 0.05) is 27.8 Å². The SMILES string of the molecule is CC(=O)NCc1ccc(C(=O)C(C)OC(=O)c2cc3c(s2)-c2ccccc2OC3)s1. The second-order valence-corrected chi connectivity index (χ2v) is 9.06. The Morgan fingerprint density at radius 2 is 1.93 bits per heavy atom. The maximum Gasteiger partial charge on any atom is 0.349 e. The summed E-state index contributed by atoms with van der Waals surface area (Å²) in [7, 11) is 0. The molecule has 1 amide bonds. The number of carbonyl (C=O) groups excluding carboxylic acids is 3. The highest BCUT2D eigenvalue weighted by atomic mass is 32.1. The smallest absolute Gasteiger partial charge is 0.349 e. The van der Waals surface area contributed by atoms with Gasteiger partial charge in [-0.25, -0.2) is 4.79 Å². The van der Waals surface area contributed by atoms with Crippen LogP contribution < -0.4 is 10.1 Å². The van der Waals surface area contributed by atoms with Gasteiger partial charge in [0.15, 0.2) is 6.10 Å². The number of para-hydroxylation sites is 1. The van der Waals surface area contributed by atoms with Crippen molar-refractivity contribution in [2.45, 2.75) is 33.1 Å². The lowest BCUT2D eigenvalue weighted by molar-refractivity contribution is -0.119. The summed E-state index contributed by atoms with van der Waals surface area (Å²) in [5, 5.41) is 2.69. The van der Waals surface area contributed by atoms with E-state index in [2.05, 4.69) is 5.32 Å². The Morgan fingerprint density at radius 3 is 2.73 bits per heavy atom. The van der Waals surface area contributed by atoms with Gasteiger partial charge in [0.25, 0.3) is 0 Å². The molecular weight excluding hydrogens is 422 g/mol. The number of rotatable bonds is 6. The lowest BCUT2D eigenvalue weighted by atomic mass is 10.1. The van der Waals surface area contributed by atoms with E-state index in [1.807, 2.05) is 24.3 Å². The van der Waals surface area contributed by atoms with Crippen LogP contribution in [0.3, 0.4) is 0 Å². The molecule has 0 aliphatic carbocycles. The molecule has 8 heteroatoms. The van der Waals surface area contributed by atoms with Crippen molar-refractivity contribution in [2.24, 2.45) is 0 Å². The van der Waals surface area contributed by atoms with Crippen LogP contribution in [0.4, 0.5) is 0 Å². The monoisotopic (exact) mass is 441 g/mol. The molecule has 0 spiro atoms. The summed E-state index contributed by atoms with van der Waals surface area (Å²) in [6.07, 6.45) is -0.910. The van der Waals surface area contributed by atoms with E-state index in [1.54, 1.807) is 25.1 Å². The Balaban J connectivity index is 1.44. The predicted molar refractivity (Wildman–Crippen MR) is 115 cm³/mol. The average molecular weight is 442 g/mol. The minimum atomic E-state index is -0.910. The Morgan fingerprint density at radius 1 is 1.13 bits per heavy atom. The maximum atomic E-state index is 12.7. The Hall–Kier alpha value is -2.97. The summed E-state index contributed by atoms with van der Waals surface area (Å²) in [4.78, 5) is 39.1. The summed E-state index contributed by atoms with van der Waals surface area (Å²) in [5.74, 6) is -0.131.